The highest BCUT2D eigenvalue weighted by Gasteiger charge is 2.43. The Morgan fingerprint density at radius 1 is 1.30 bits per heavy atom. The van der Waals surface area contributed by atoms with Crippen molar-refractivity contribution in [3.63, 3.8) is 0 Å². The quantitative estimate of drug-likeness (QED) is 0.800. The van der Waals surface area contributed by atoms with Gasteiger partial charge in [-0.3, -0.25) is 9.36 Å². The van der Waals surface area contributed by atoms with Gasteiger partial charge in [-0.25, -0.2) is 18.3 Å². The lowest BCUT2D eigenvalue weighted by Gasteiger charge is -2.27. The molecule has 0 aliphatic carbocycles. The number of benzene rings is 1. The van der Waals surface area contributed by atoms with Gasteiger partial charge in [-0.05, 0) is 30.5 Å². The van der Waals surface area contributed by atoms with Gasteiger partial charge in [0.05, 0.1) is 13.1 Å². The number of aryl methyl sites for hydroxylation is 1. The van der Waals surface area contributed by atoms with E-state index in [0.29, 0.717) is 30.1 Å². The summed E-state index contributed by atoms with van der Waals surface area (Å²) >= 11 is 5.88. The summed E-state index contributed by atoms with van der Waals surface area (Å²) in [5.74, 6) is -2.73. The molecule has 9 heteroatoms. The maximum atomic E-state index is 13.5. The van der Waals surface area contributed by atoms with E-state index in [1.807, 2.05) is 12.1 Å². The van der Waals surface area contributed by atoms with Crippen LogP contribution in [0.25, 0.3) is 0 Å². The van der Waals surface area contributed by atoms with Gasteiger partial charge in [-0.15, -0.1) is 0 Å². The van der Waals surface area contributed by atoms with E-state index < -0.39 is 24.4 Å². The van der Waals surface area contributed by atoms with Crippen LogP contribution in [-0.2, 0) is 17.8 Å². The Morgan fingerprint density at radius 3 is 2.70 bits per heavy atom. The van der Waals surface area contributed by atoms with Gasteiger partial charge in [-0.1, -0.05) is 23.7 Å². The second kappa shape index (κ2) is 6.74. The first-order valence-corrected chi connectivity index (χ1v) is 9.31. The highest BCUT2D eigenvalue weighted by Crippen LogP contribution is 2.31. The Bertz CT molecular complexity index is 922. The predicted molar refractivity (Wildman–Crippen MR) is 95.2 cm³/mol. The second-order valence-electron chi connectivity index (χ2n) is 7.13. The highest BCUT2D eigenvalue weighted by molar-refractivity contribution is 6.30. The van der Waals surface area contributed by atoms with Crippen molar-refractivity contribution in [2.45, 2.75) is 44.2 Å². The Balaban J connectivity index is 1.61. The van der Waals surface area contributed by atoms with Crippen LogP contribution >= 0.6 is 11.6 Å². The number of fused-ring (bicyclic) bond motifs is 1. The normalized spacial score (nSPS) is 21.3. The smallest absolute Gasteiger partial charge is 0.335 e. The van der Waals surface area contributed by atoms with Gasteiger partial charge in [0.1, 0.15) is 11.9 Å². The lowest BCUT2D eigenvalue weighted by atomic mass is 10.0. The Kier molecular flexibility index (Phi) is 4.53. The molecular weight excluding hydrogens is 378 g/mol. The van der Waals surface area contributed by atoms with Gasteiger partial charge >= 0.3 is 5.69 Å². The van der Waals surface area contributed by atoms with Crippen molar-refractivity contribution in [2.75, 3.05) is 13.1 Å². The van der Waals surface area contributed by atoms with Crippen LogP contribution in [0.1, 0.15) is 36.7 Å². The van der Waals surface area contributed by atoms with Crippen LogP contribution in [-0.4, -0.2) is 44.2 Å². The monoisotopic (exact) mass is 396 g/mol. The number of hydrogen-bond acceptors (Lipinski definition) is 3. The lowest BCUT2D eigenvalue weighted by molar-refractivity contribution is -0.135. The number of halogens is 3. The maximum Gasteiger partial charge on any atom is 0.346 e. The molecule has 2 aromatic rings. The fourth-order valence-electron chi connectivity index (χ4n) is 3.77. The Morgan fingerprint density at radius 2 is 2.04 bits per heavy atom. The average Bonchev–Trinajstić information content (AvgIpc) is 3.16. The fraction of sp³-hybridized carbons (Fsp3) is 0.500. The molecule has 0 radical (unpaired) electrons. The molecule has 0 bridgehead atoms. The van der Waals surface area contributed by atoms with E-state index in [1.54, 1.807) is 12.1 Å². The molecule has 1 fully saturated rings. The third kappa shape index (κ3) is 3.50. The number of rotatable bonds is 3. The van der Waals surface area contributed by atoms with Gasteiger partial charge in [-0.2, -0.15) is 5.10 Å². The highest BCUT2D eigenvalue weighted by atomic mass is 35.5. The summed E-state index contributed by atoms with van der Waals surface area (Å²) in [5, 5.41) is 4.97. The summed E-state index contributed by atoms with van der Waals surface area (Å²) in [5.41, 5.74) is 0.475. The lowest BCUT2D eigenvalue weighted by Crippen LogP contribution is -2.42. The van der Waals surface area contributed by atoms with E-state index >= 15 is 0 Å². The molecule has 2 aliphatic rings. The number of hydrogen-bond donors (Lipinski definition) is 0. The molecule has 144 valence electrons. The number of alkyl halides is 2. The third-order valence-electron chi connectivity index (χ3n) is 5.14. The number of likely N-dealkylation sites (tertiary alicyclic amines) is 1. The summed E-state index contributed by atoms with van der Waals surface area (Å²) in [4.78, 5) is 26.8. The molecule has 3 heterocycles. The van der Waals surface area contributed by atoms with Crippen molar-refractivity contribution in [1.29, 1.82) is 0 Å². The molecule has 1 amide bonds. The largest absolute Gasteiger partial charge is 0.346 e. The third-order valence-corrected chi connectivity index (χ3v) is 5.39. The van der Waals surface area contributed by atoms with Crippen molar-refractivity contribution in [3.8, 4) is 0 Å². The minimum atomic E-state index is -2.85. The van der Waals surface area contributed by atoms with Gasteiger partial charge in [0.15, 0.2) is 0 Å². The number of nitrogens with zero attached hydrogens (tertiary/aromatic N) is 4. The summed E-state index contributed by atoms with van der Waals surface area (Å²) in [7, 11) is 0. The van der Waals surface area contributed by atoms with Crippen molar-refractivity contribution < 1.29 is 13.6 Å². The molecule has 4 rings (SSSR count). The van der Waals surface area contributed by atoms with E-state index in [2.05, 4.69) is 5.10 Å². The van der Waals surface area contributed by atoms with Gasteiger partial charge in [0.25, 0.3) is 5.92 Å². The zero-order chi connectivity index (χ0) is 19.2. The van der Waals surface area contributed by atoms with Crippen LogP contribution in [0.15, 0.2) is 29.1 Å². The minimum Gasteiger partial charge on any atom is -0.335 e. The van der Waals surface area contributed by atoms with Crippen molar-refractivity contribution in [1.82, 2.24) is 19.2 Å². The number of aromatic nitrogens is 3. The Hall–Kier alpha value is -2.22. The summed E-state index contributed by atoms with van der Waals surface area (Å²) in [6.45, 7) is -0.296. The van der Waals surface area contributed by atoms with Crippen LogP contribution in [0.3, 0.4) is 0 Å². The van der Waals surface area contributed by atoms with Crippen LogP contribution < -0.4 is 5.69 Å². The Labute approximate surface area is 159 Å². The second-order valence-corrected chi connectivity index (χ2v) is 7.56. The summed E-state index contributed by atoms with van der Waals surface area (Å²) in [6, 6.07) is 6.33. The number of amides is 1. The van der Waals surface area contributed by atoms with E-state index in [9.17, 15) is 18.4 Å². The van der Waals surface area contributed by atoms with Gasteiger partial charge in [0, 0.05) is 24.4 Å². The zero-order valence-corrected chi connectivity index (χ0v) is 15.3. The first-order chi connectivity index (χ1) is 12.8. The fourth-order valence-corrected chi connectivity index (χ4v) is 3.89. The van der Waals surface area contributed by atoms with Gasteiger partial charge < -0.3 is 4.90 Å². The average molecular weight is 397 g/mol. The zero-order valence-electron chi connectivity index (χ0n) is 14.6. The van der Waals surface area contributed by atoms with E-state index in [1.165, 1.54) is 14.1 Å². The number of carbonyl (C=O) groups is 1. The minimum absolute atomic E-state index is 0.0192. The molecule has 27 heavy (non-hydrogen) atoms. The SMILES string of the molecule is O=C(C1CCCc2nn(Cc3ccc(Cl)cc3)c(=O)n21)N1CCC(F)(F)C1. The van der Waals surface area contributed by atoms with Crippen LogP contribution in [0.2, 0.25) is 5.02 Å². The molecule has 6 nitrogen and oxygen atoms in total. The molecule has 1 unspecified atom stereocenters. The van der Waals surface area contributed by atoms with E-state index in [0.717, 1.165) is 5.56 Å². The van der Waals surface area contributed by atoms with E-state index in [-0.39, 0.29) is 25.2 Å². The molecule has 1 saturated heterocycles. The van der Waals surface area contributed by atoms with Gasteiger partial charge in [0.2, 0.25) is 5.91 Å². The van der Waals surface area contributed by atoms with Crippen molar-refractivity contribution in [3.05, 3.63) is 51.2 Å². The molecule has 1 aromatic carbocycles. The van der Waals surface area contributed by atoms with E-state index in [4.69, 9.17) is 11.6 Å². The standard InChI is InChI=1S/C18H19ClF2N4O2/c19-13-6-4-12(5-7-13)10-24-17(27)25-14(2-1-3-15(25)22-24)16(26)23-9-8-18(20,21)11-23/h4-7,14H,1-3,8-11H2. The first kappa shape index (κ1) is 18.2. The van der Waals surface area contributed by atoms with Crippen molar-refractivity contribution >= 4 is 17.5 Å². The molecule has 0 saturated carbocycles. The number of carbonyl (C=O) groups excluding carboxylic acids is 1. The molecule has 0 N–H and O–H groups in total. The summed E-state index contributed by atoms with van der Waals surface area (Å²) < 4.78 is 29.7. The molecular formula is C18H19ClF2N4O2. The maximum absolute atomic E-state index is 13.5. The topological polar surface area (TPSA) is 60.1 Å². The predicted octanol–water partition coefficient (Wildman–Crippen LogP) is 2.49. The van der Waals surface area contributed by atoms with Crippen LogP contribution in [0.5, 0.6) is 0 Å². The van der Waals surface area contributed by atoms with Crippen molar-refractivity contribution in [2.24, 2.45) is 0 Å². The van der Waals surface area contributed by atoms with Crippen LogP contribution in [0, 0.1) is 0 Å². The molecule has 1 atom stereocenters. The summed E-state index contributed by atoms with van der Waals surface area (Å²) in [6.07, 6.45) is 1.41. The molecule has 0 spiro atoms. The first-order valence-electron chi connectivity index (χ1n) is 8.93. The van der Waals surface area contributed by atoms with Crippen LogP contribution in [0.4, 0.5) is 8.78 Å². The molecule has 2 aliphatic heterocycles. The molecule has 1 aromatic heterocycles.